The van der Waals surface area contributed by atoms with Crippen LogP contribution >= 0.6 is 0 Å². The van der Waals surface area contributed by atoms with Gasteiger partial charge in [0, 0.05) is 24.2 Å². The molecule has 2 fully saturated rings. The lowest BCUT2D eigenvalue weighted by atomic mass is 9.90. The molecule has 0 spiro atoms. The van der Waals surface area contributed by atoms with Gasteiger partial charge >= 0.3 is 0 Å². The number of fused-ring (bicyclic) bond motifs is 2. The maximum absolute atomic E-state index is 13.0. The molecule has 0 unspecified atom stereocenters. The Morgan fingerprint density at radius 2 is 2.12 bits per heavy atom. The summed E-state index contributed by atoms with van der Waals surface area (Å²) in [6, 6.07) is 2.39. The molecule has 1 aliphatic carbocycles. The van der Waals surface area contributed by atoms with Crippen LogP contribution in [-0.2, 0) is 4.74 Å². The Kier molecular flexibility index (Phi) is 4.00. The molecule has 1 saturated carbocycles. The van der Waals surface area contributed by atoms with Gasteiger partial charge in [-0.1, -0.05) is 12.8 Å². The van der Waals surface area contributed by atoms with Gasteiger partial charge in [0.05, 0.1) is 30.5 Å². The Bertz CT molecular complexity index is 753. The third-order valence-corrected chi connectivity index (χ3v) is 5.16. The molecular weight excluding hydrogens is 304 g/mol. The molecule has 0 aromatic carbocycles. The van der Waals surface area contributed by atoms with Crippen LogP contribution in [-0.4, -0.2) is 50.9 Å². The van der Waals surface area contributed by atoms with Crippen LogP contribution in [0.5, 0.6) is 0 Å². The summed E-state index contributed by atoms with van der Waals surface area (Å²) in [5.74, 6) is 0.0712. The van der Waals surface area contributed by atoms with E-state index in [4.69, 9.17) is 4.74 Å². The van der Waals surface area contributed by atoms with Crippen LogP contribution < -0.4 is 0 Å². The molecule has 1 amide bonds. The van der Waals surface area contributed by atoms with Crippen molar-refractivity contribution in [1.29, 1.82) is 0 Å². The standard InChI is InChI=1S/C18H24N4O2/c1-12(2)22-17-13(11-20-22)9-14(10-19-17)18(23)21-7-8-24-16-6-4-3-5-15(16)21/h9-12,15-16H,3-8H2,1-2H3/t15-,16-/m0/s1. The minimum Gasteiger partial charge on any atom is -0.374 e. The van der Waals surface area contributed by atoms with Gasteiger partial charge in [0.2, 0.25) is 0 Å². The largest absolute Gasteiger partial charge is 0.374 e. The Balaban J connectivity index is 1.62. The molecule has 6 heteroatoms. The summed E-state index contributed by atoms with van der Waals surface area (Å²) in [4.78, 5) is 19.5. The van der Waals surface area contributed by atoms with Crippen molar-refractivity contribution in [2.75, 3.05) is 13.2 Å². The first-order valence-electron chi connectivity index (χ1n) is 8.91. The Labute approximate surface area is 141 Å². The molecule has 0 bridgehead atoms. The molecule has 3 heterocycles. The van der Waals surface area contributed by atoms with Gasteiger partial charge in [0.25, 0.3) is 5.91 Å². The van der Waals surface area contributed by atoms with E-state index >= 15 is 0 Å². The summed E-state index contributed by atoms with van der Waals surface area (Å²) in [6.45, 7) is 5.45. The Hall–Kier alpha value is -1.95. The zero-order valence-corrected chi connectivity index (χ0v) is 14.3. The van der Waals surface area contributed by atoms with Crippen molar-refractivity contribution >= 4 is 16.9 Å². The summed E-state index contributed by atoms with van der Waals surface area (Å²) in [5.41, 5.74) is 1.48. The minimum atomic E-state index is 0.0712. The van der Waals surface area contributed by atoms with E-state index in [0.717, 1.165) is 23.9 Å². The molecule has 2 aromatic rings. The van der Waals surface area contributed by atoms with Gasteiger partial charge in [0.1, 0.15) is 0 Å². The predicted molar refractivity (Wildman–Crippen MR) is 90.9 cm³/mol. The van der Waals surface area contributed by atoms with E-state index in [1.807, 2.05) is 15.6 Å². The first-order chi connectivity index (χ1) is 11.6. The molecule has 1 aliphatic heterocycles. The minimum absolute atomic E-state index is 0.0712. The lowest BCUT2D eigenvalue weighted by Gasteiger charge is -2.43. The second-order valence-electron chi connectivity index (χ2n) is 7.08. The lowest BCUT2D eigenvalue weighted by molar-refractivity contribution is -0.0752. The second-order valence-corrected chi connectivity index (χ2v) is 7.08. The first kappa shape index (κ1) is 15.6. The number of rotatable bonds is 2. The number of hydrogen-bond acceptors (Lipinski definition) is 4. The van der Waals surface area contributed by atoms with Crippen LogP contribution in [0.4, 0.5) is 0 Å². The number of aromatic nitrogens is 3. The van der Waals surface area contributed by atoms with Crippen molar-refractivity contribution in [2.24, 2.45) is 0 Å². The molecular formula is C18H24N4O2. The van der Waals surface area contributed by atoms with Crippen molar-refractivity contribution in [3.8, 4) is 0 Å². The van der Waals surface area contributed by atoms with Crippen molar-refractivity contribution in [1.82, 2.24) is 19.7 Å². The quantitative estimate of drug-likeness (QED) is 0.850. The monoisotopic (exact) mass is 328 g/mol. The van der Waals surface area contributed by atoms with Crippen molar-refractivity contribution in [3.05, 3.63) is 24.0 Å². The molecule has 2 aliphatic rings. The Morgan fingerprint density at radius 3 is 2.96 bits per heavy atom. The third kappa shape index (κ3) is 2.59. The van der Waals surface area contributed by atoms with Gasteiger partial charge in [-0.2, -0.15) is 5.10 Å². The summed E-state index contributed by atoms with van der Waals surface area (Å²) in [5, 5.41) is 5.30. The second kappa shape index (κ2) is 6.16. The number of nitrogens with zero attached hydrogens (tertiary/aromatic N) is 4. The molecule has 2 atom stereocenters. The highest BCUT2D eigenvalue weighted by atomic mass is 16.5. The van der Waals surface area contributed by atoms with E-state index in [9.17, 15) is 4.79 Å². The zero-order chi connectivity index (χ0) is 16.7. The van der Waals surface area contributed by atoms with Crippen LogP contribution in [0.15, 0.2) is 18.5 Å². The fourth-order valence-corrected chi connectivity index (χ4v) is 3.95. The molecule has 1 saturated heterocycles. The number of amides is 1. The summed E-state index contributed by atoms with van der Waals surface area (Å²) in [7, 11) is 0. The van der Waals surface area contributed by atoms with E-state index in [1.165, 1.54) is 12.8 Å². The zero-order valence-electron chi connectivity index (χ0n) is 14.3. The van der Waals surface area contributed by atoms with E-state index in [2.05, 4.69) is 23.9 Å². The highest BCUT2D eigenvalue weighted by Gasteiger charge is 2.37. The molecule has 128 valence electrons. The number of carbonyl (C=O) groups excluding carboxylic acids is 1. The van der Waals surface area contributed by atoms with Gasteiger partial charge in [-0.05, 0) is 32.8 Å². The topological polar surface area (TPSA) is 60.2 Å². The smallest absolute Gasteiger partial charge is 0.255 e. The number of hydrogen-bond donors (Lipinski definition) is 0. The summed E-state index contributed by atoms with van der Waals surface area (Å²) < 4.78 is 7.76. The van der Waals surface area contributed by atoms with Crippen molar-refractivity contribution in [2.45, 2.75) is 57.7 Å². The van der Waals surface area contributed by atoms with Crippen LogP contribution in [0, 0.1) is 0 Å². The molecule has 6 nitrogen and oxygen atoms in total. The molecule has 4 rings (SSSR count). The predicted octanol–water partition coefficient (Wildman–Crippen LogP) is 2.80. The maximum atomic E-state index is 13.0. The van der Waals surface area contributed by atoms with Gasteiger partial charge in [-0.25, -0.2) is 9.67 Å². The van der Waals surface area contributed by atoms with E-state index in [0.29, 0.717) is 18.7 Å². The SMILES string of the molecule is CC(C)n1ncc2cc(C(=O)N3CCO[C@H]4CCCC[C@@H]43)cnc21. The summed E-state index contributed by atoms with van der Waals surface area (Å²) >= 11 is 0. The molecule has 2 aromatic heterocycles. The first-order valence-corrected chi connectivity index (χ1v) is 8.91. The number of carbonyl (C=O) groups is 1. The van der Waals surface area contributed by atoms with E-state index < -0.39 is 0 Å². The fourth-order valence-electron chi connectivity index (χ4n) is 3.95. The lowest BCUT2D eigenvalue weighted by Crippen LogP contribution is -2.54. The maximum Gasteiger partial charge on any atom is 0.255 e. The van der Waals surface area contributed by atoms with E-state index in [1.54, 1.807) is 12.4 Å². The van der Waals surface area contributed by atoms with Crippen LogP contribution in [0.1, 0.15) is 55.9 Å². The highest BCUT2D eigenvalue weighted by Crippen LogP contribution is 2.29. The third-order valence-electron chi connectivity index (χ3n) is 5.16. The van der Waals surface area contributed by atoms with Gasteiger partial charge in [-0.15, -0.1) is 0 Å². The fraction of sp³-hybridized carbons (Fsp3) is 0.611. The van der Waals surface area contributed by atoms with Crippen molar-refractivity contribution < 1.29 is 9.53 Å². The van der Waals surface area contributed by atoms with Gasteiger partial charge in [-0.3, -0.25) is 4.79 Å². The highest BCUT2D eigenvalue weighted by molar-refractivity contribution is 5.97. The van der Waals surface area contributed by atoms with Crippen LogP contribution in [0.25, 0.3) is 11.0 Å². The van der Waals surface area contributed by atoms with Crippen molar-refractivity contribution in [3.63, 3.8) is 0 Å². The number of morpholine rings is 1. The molecule has 0 radical (unpaired) electrons. The average molecular weight is 328 g/mol. The van der Waals surface area contributed by atoms with Crippen LogP contribution in [0.2, 0.25) is 0 Å². The number of ether oxygens (including phenoxy) is 1. The van der Waals surface area contributed by atoms with Gasteiger partial charge < -0.3 is 9.64 Å². The summed E-state index contributed by atoms with van der Waals surface area (Å²) in [6.07, 6.45) is 8.17. The normalized spacial score (nSPS) is 24.4. The molecule has 0 N–H and O–H groups in total. The molecule has 24 heavy (non-hydrogen) atoms. The average Bonchev–Trinajstić information content (AvgIpc) is 3.04. The number of pyridine rings is 1. The van der Waals surface area contributed by atoms with Crippen LogP contribution in [0.3, 0.4) is 0 Å². The Morgan fingerprint density at radius 1 is 1.29 bits per heavy atom. The van der Waals surface area contributed by atoms with Gasteiger partial charge in [0.15, 0.2) is 5.65 Å². The van der Waals surface area contributed by atoms with E-state index in [-0.39, 0.29) is 24.1 Å².